The number of aromatic nitrogens is 1. The van der Waals surface area contributed by atoms with Crippen LogP contribution in [0, 0.1) is 5.41 Å². The summed E-state index contributed by atoms with van der Waals surface area (Å²) in [6.07, 6.45) is 3.13. The summed E-state index contributed by atoms with van der Waals surface area (Å²) < 4.78 is 10.6. The summed E-state index contributed by atoms with van der Waals surface area (Å²) in [6, 6.07) is 12.4. The first-order valence-corrected chi connectivity index (χ1v) is 10.6. The number of carbonyl (C=O) groups excluding carboxylic acids is 1. The van der Waals surface area contributed by atoms with E-state index in [0.717, 1.165) is 41.9 Å². The summed E-state index contributed by atoms with van der Waals surface area (Å²) in [5.41, 5.74) is 6.27. The van der Waals surface area contributed by atoms with Gasteiger partial charge >= 0.3 is 5.97 Å². The Morgan fingerprint density at radius 1 is 1.23 bits per heavy atom. The van der Waals surface area contributed by atoms with E-state index < -0.39 is 0 Å². The molecule has 1 atom stereocenters. The van der Waals surface area contributed by atoms with E-state index in [0.29, 0.717) is 12.2 Å². The molecule has 0 saturated heterocycles. The quantitative estimate of drug-likeness (QED) is 0.580. The Morgan fingerprint density at radius 2 is 2.00 bits per heavy atom. The fourth-order valence-corrected chi connectivity index (χ4v) is 4.54. The predicted molar refractivity (Wildman–Crippen MR) is 117 cm³/mol. The number of aryl methyl sites for hydroxylation is 1. The smallest absolute Gasteiger partial charge is 0.336 e. The Hall–Kier alpha value is -2.66. The van der Waals surface area contributed by atoms with E-state index in [1.807, 2.05) is 25.1 Å². The summed E-state index contributed by atoms with van der Waals surface area (Å²) >= 11 is 0. The van der Waals surface area contributed by atoms with E-state index in [9.17, 15) is 4.79 Å². The number of nitrogens with zero attached hydrogens (tertiary/aromatic N) is 1. The van der Waals surface area contributed by atoms with Crippen molar-refractivity contribution in [1.29, 1.82) is 0 Å². The van der Waals surface area contributed by atoms with Gasteiger partial charge in [-0.3, -0.25) is 0 Å². The molecular weight excluding hydrogens is 376 g/mol. The first-order valence-electron chi connectivity index (χ1n) is 10.6. The van der Waals surface area contributed by atoms with Crippen LogP contribution in [-0.2, 0) is 27.1 Å². The highest BCUT2D eigenvalue weighted by molar-refractivity contribution is 5.94. The summed E-state index contributed by atoms with van der Waals surface area (Å²) in [5, 5.41) is 3.39. The number of allylic oxidation sites excluding steroid dienone is 1. The van der Waals surface area contributed by atoms with Crippen LogP contribution in [0.2, 0.25) is 0 Å². The molecule has 0 saturated carbocycles. The van der Waals surface area contributed by atoms with Gasteiger partial charge in [-0.1, -0.05) is 44.2 Å². The van der Waals surface area contributed by atoms with Crippen LogP contribution in [-0.4, -0.2) is 31.3 Å². The van der Waals surface area contributed by atoms with Crippen molar-refractivity contribution in [3.05, 3.63) is 70.1 Å². The molecule has 0 fully saturated rings. The second-order valence-electron chi connectivity index (χ2n) is 9.01. The maximum atomic E-state index is 13.1. The van der Waals surface area contributed by atoms with Crippen molar-refractivity contribution in [1.82, 2.24) is 4.98 Å². The number of fused-ring (bicyclic) bond motifs is 2. The highest BCUT2D eigenvalue weighted by Crippen LogP contribution is 2.44. The molecule has 2 aromatic rings. The molecule has 2 heterocycles. The van der Waals surface area contributed by atoms with Crippen molar-refractivity contribution in [2.75, 3.05) is 25.6 Å². The lowest BCUT2D eigenvalue weighted by Gasteiger charge is -2.34. The first-order chi connectivity index (χ1) is 14.4. The zero-order valence-corrected chi connectivity index (χ0v) is 18.2. The van der Waals surface area contributed by atoms with Gasteiger partial charge in [0.05, 0.1) is 12.2 Å². The van der Waals surface area contributed by atoms with Crippen LogP contribution < -0.4 is 5.32 Å². The number of ether oxygens (including phenoxy) is 2. The van der Waals surface area contributed by atoms with Crippen LogP contribution in [0.25, 0.3) is 0 Å². The minimum atomic E-state index is -0.311. The number of benzene rings is 1. The number of methoxy groups -OCH3 is 1. The van der Waals surface area contributed by atoms with Crippen molar-refractivity contribution in [3.63, 3.8) is 0 Å². The summed E-state index contributed by atoms with van der Waals surface area (Å²) in [4.78, 5) is 18.1. The SMILES string of the molecule is COCCOC(=O)C1=C(C)Nc2nc3c(cc2C1c1ccccc1)CC(C)(C)CC3. The molecule has 0 radical (unpaired) electrons. The number of esters is 1. The molecule has 30 heavy (non-hydrogen) atoms. The van der Waals surface area contributed by atoms with Gasteiger partial charge in [0, 0.05) is 30.0 Å². The molecule has 4 rings (SSSR count). The Kier molecular flexibility index (Phi) is 5.65. The van der Waals surface area contributed by atoms with E-state index in [4.69, 9.17) is 14.5 Å². The molecule has 0 amide bonds. The number of hydrogen-bond acceptors (Lipinski definition) is 5. The Bertz CT molecular complexity index is 979. The topological polar surface area (TPSA) is 60.5 Å². The number of anilines is 1. The number of nitrogens with one attached hydrogen (secondary N) is 1. The Labute approximate surface area is 178 Å². The van der Waals surface area contributed by atoms with Crippen molar-refractivity contribution in [2.24, 2.45) is 5.41 Å². The standard InChI is InChI=1S/C25H30N2O3/c1-16-21(24(28)30-13-12-29-4)22(17-8-6-5-7-9-17)19-14-18-15-25(2,3)11-10-20(18)27-23(19)26-16/h5-9,14,22H,10-13,15H2,1-4H3,(H,26,27). The van der Waals surface area contributed by atoms with Gasteiger partial charge in [0.1, 0.15) is 12.4 Å². The minimum Gasteiger partial charge on any atom is -0.460 e. The fraction of sp³-hybridized carbons (Fsp3) is 0.440. The van der Waals surface area contributed by atoms with Crippen molar-refractivity contribution >= 4 is 11.8 Å². The summed E-state index contributed by atoms with van der Waals surface area (Å²) in [5.74, 6) is 0.336. The average Bonchev–Trinajstić information content (AvgIpc) is 2.72. The zero-order valence-electron chi connectivity index (χ0n) is 18.2. The van der Waals surface area contributed by atoms with Gasteiger partial charge in [-0.2, -0.15) is 0 Å². The molecule has 1 N–H and O–H groups in total. The van der Waals surface area contributed by atoms with E-state index in [-0.39, 0.29) is 23.9 Å². The zero-order chi connectivity index (χ0) is 21.3. The Balaban J connectivity index is 1.80. The van der Waals surface area contributed by atoms with Crippen LogP contribution in [0.4, 0.5) is 5.82 Å². The number of hydrogen-bond donors (Lipinski definition) is 1. The molecule has 2 aliphatic rings. The number of pyridine rings is 1. The van der Waals surface area contributed by atoms with Crippen LogP contribution in [0.1, 0.15) is 55.5 Å². The van der Waals surface area contributed by atoms with Crippen molar-refractivity contribution in [2.45, 2.75) is 46.0 Å². The van der Waals surface area contributed by atoms with Crippen LogP contribution in [0.5, 0.6) is 0 Å². The minimum absolute atomic E-state index is 0.208. The van der Waals surface area contributed by atoms with Crippen LogP contribution >= 0.6 is 0 Å². The van der Waals surface area contributed by atoms with Gasteiger partial charge in [-0.25, -0.2) is 9.78 Å². The van der Waals surface area contributed by atoms with Crippen molar-refractivity contribution < 1.29 is 14.3 Å². The summed E-state index contributed by atoms with van der Waals surface area (Å²) in [6.45, 7) is 7.16. The molecule has 1 aromatic carbocycles. The van der Waals surface area contributed by atoms with Crippen LogP contribution in [0.15, 0.2) is 47.7 Å². The lowest BCUT2D eigenvalue weighted by Crippen LogP contribution is -2.28. The fourth-order valence-electron chi connectivity index (χ4n) is 4.54. The van der Waals surface area contributed by atoms with E-state index in [1.54, 1.807) is 7.11 Å². The highest BCUT2D eigenvalue weighted by atomic mass is 16.6. The monoisotopic (exact) mass is 406 g/mol. The third kappa shape index (κ3) is 3.99. The normalized spacial score (nSPS) is 19.5. The number of rotatable bonds is 5. The number of carbonyl (C=O) groups is 1. The molecule has 1 aliphatic heterocycles. The molecule has 1 aromatic heterocycles. The van der Waals surface area contributed by atoms with E-state index >= 15 is 0 Å². The lowest BCUT2D eigenvalue weighted by atomic mass is 9.74. The molecule has 1 aliphatic carbocycles. The second kappa shape index (κ2) is 8.23. The first kappa shape index (κ1) is 20.6. The largest absolute Gasteiger partial charge is 0.460 e. The second-order valence-corrected chi connectivity index (χ2v) is 9.01. The maximum absolute atomic E-state index is 13.1. The predicted octanol–water partition coefficient (Wildman–Crippen LogP) is 4.62. The highest BCUT2D eigenvalue weighted by Gasteiger charge is 2.36. The van der Waals surface area contributed by atoms with E-state index in [2.05, 4.69) is 37.4 Å². The molecule has 5 nitrogen and oxygen atoms in total. The molecular formula is C25H30N2O3. The van der Waals surface area contributed by atoms with Gasteiger partial charge in [0.2, 0.25) is 0 Å². The van der Waals surface area contributed by atoms with Gasteiger partial charge in [0.25, 0.3) is 0 Å². The van der Waals surface area contributed by atoms with Gasteiger partial charge in [0.15, 0.2) is 0 Å². The molecule has 158 valence electrons. The third-order valence-corrected chi connectivity index (χ3v) is 6.11. The molecule has 1 unspecified atom stereocenters. The molecule has 0 bridgehead atoms. The third-order valence-electron chi connectivity index (χ3n) is 6.11. The maximum Gasteiger partial charge on any atom is 0.336 e. The Morgan fingerprint density at radius 3 is 2.73 bits per heavy atom. The summed E-state index contributed by atoms with van der Waals surface area (Å²) in [7, 11) is 1.60. The van der Waals surface area contributed by atoms with Gasteiger partial charge < -0.3 is 14.8 Å². The van der Waals surface area contributed by atoms with E-state index in [1.165, 1.54) is 11.3 Å². The van der Waals surface area contributed by atoms with Gasteiger partial charge in [-0.15, -0.1) is 0 Å². The average molecular weight is 407 g/mol. The van der Waals surface area contributed by atoms with Crippen LogP contribution in [0.3, 0.4) is 0 Å². The molecule has 5 heteroatoms. The lowest BCUT2D eigenvalue weighted by molar-refractivity contribution is -0.140. The molecule has 0 spiro atoms. The van der Waals surface area contributed by atoms with Gasteiger partial charge in [-0.05, 0) is 48.8 Å². The van der Waals surface area contributed by atoms with Crippen molar-refractivity contribution in [3.8, 4) is 0 Å².